The molecular weight excluding hydrogens is 412 g/mol. The van der Waals surface area contributed by atoms with Crippen molar-refractivity contribution in [2.75, 3.05) is 27.9 Å². The van der Waals surface area contributed by atoms with Gasteiger partial charge in [0, 0.05) is 6.20 Å². The second-order valence-corrected chi connectivity index (χ2v) is 6.77. The number of nitrogens with zero attached hydrogens (tertiary/aromatic N) is 1. The van der Waals surface area contributed by atoms with Gasteiger partial charge in [0.2, 0.25) is 5.75 Å². The number of hydrogen-bond acceptors (Lipinski definition) is 9. The van der Waals surface area contributed by atoms with Gasteiger partial charge < -0.3 is 34.3 Å². The Morgan fingerprint density at radius 3 is 2.23 bits per heavy atom. The van der Waals surface area contributed by atoms with E-state index in [1.54, 1.807) is 18.2 Å². The van der Waals surface area contributed by atoms with Crippen LogP contribution < -0.4 is 25.5 Å². The summed E-state index contributed by atoms with van der Waals surface area (Å²) < 4.78 is 22.2. The van der Waals surface area contributed by atoms with Gasteiger partial charge in [-0.3, -0.25) is 14.3 Å². The summed E-state index contributed by atoms with van der Waals surface area (Å²) in [6.07, 6.45) is -0.921. The van der Waals surface area contributed by atoms with Crippen molar-refractivity contribution in [1.29, 1.82) is 0 Å². The zero-order valence-corrected chi connectivity index (χ0v) is 17.1. The lowest BCUT2D eigenvalue weighted by molar-refractivity contribution is -0.0550. The fourth-order valence-corrected chi connectivity index (χ4v) is 3.30. The van der Waals surface area contributed by atoms with Gasteiger partial charge in [-0.25, -0.2) is 4.79 Å². The zero-order chi connectivity index (χ0) is 22.7. The van der Waals surface area contributed by atoms with Crippen molar-refractivity contribution in [3.63, 3.8) is 0 Å². The van der Waals surface area contributed by atoms with Gasteiger partial charge in [0.25, 0.3) is 5.56 Å². The van der Waals surface area contributed by atoms with Crippen molar-refractivity contribution >= 4 is 12.2 Å². The van der Waals surface area contributed by atoms with Crippen LogP contribution >= 0.6 is 0 Å². The number of aliphatic hydroxyl groups is 3. The number of rotatable bonds is 7. The Balaban J connectivity index is 1.98. The Hall–Kier alpha value is -3.12. The van der Waals surface area contributed by atoms with Gasteiger partial charge in [-0.1, -0.05) is 6.08 Å². The van der Waals surface area contributed by atoms with Crippen molar-refractivity contribution in [2.45, 2.75) is 24.5 Å². The molecular formula is C20H24N2O9. The van der Waals surface area contributed by atoms with Crippen LogP contribution in [0, 0.1) is 0 Å². The fraction of sp³-hybridized carbons (Fsp3) is 0.400. The molecule has 1 aliphatic rings. The van der Waals surface area contributed by atoms with Crippen LogP contribution in [0.1, 0.15) is 17.4 Å². The van der Waals surface area contributed by atoms with E-state index in [-0.39, 0.29) is 5.56 Å². The number of H-pyrrole nitrogens is 1. The Morgan fingerprint density at radius 1 is 1.06 bits per heavy atom. The molecule has 11 nitrogen and oxygen atoms in total. The maximum Gasteiger partial charge on any atom is 0.330 e. The third-order valence-electron chi connectivity index (χ3n) is 4.93. The average molecular weight is 436 g/mol. The van der Waals surface area contributed by atoms with Gasteiger partial charge in [-0.05, 0) is 23.8 Å². The summed E-state index contributed by atoms with van der Waals surface area (Å²) in [5.41, 5.74) is -0.771. The van der Waals surface area contributed by atoms with Gasteiger partial charge in [-0.15, -0.1) is 0 Å². The normalized spacial score (nSPS) is 23.3. The first-order valence-electron chi connectivity index (χ1n) is 9.30. The predicted octanol–water partition coefficient (Wildman–Crippen LogP) is -0.656. The Bertz CT molecular complexity index is 1050. The molecule has 1 aromatic carbocycles. The third-order valence-corrected chi connectivity index (χ3v) is 4.93. The topological polar surface area (TPSA) is 152 Å². The average Bonchev–Trinajstić information content (AvgIpc) is 3.06. The summed E-state index contributed by atoms with van der Waals surface area (Å²) in [6.45, 7) is -0.541. The second-order valence-electron chi connectivity index (χ2n) is 6.77. The Labute approximate surface area is 176 Å². The molecule has 0 bridgehead atoms. The van der Waals surface area contributed by atoms with Gasteiger partial charge in [-0.2, -0.15) is 0 Å². The highest BCUT2D eigenvalue weighted by Crippen LogP contribution is 2.38. The molecule has 4 N–H and O–H groups in total. The standard InChI is InChI=1S/C20H24N2O9/c1-28-12-6-10(7-13(29-2)17(12)30-3)4-5-11-8-22(20(27)21-18(11)26)19-16(25)15(24)14(9-23)31-19/h4-8,14-16,19,23-25H,9H2,1-3H3,(H,21,26,27)/b5-4+/t14-,15-,16-,19-/m1/s1. The number of aliphatic hydroxyl groups excluding tert-OH is 3. The van der Waals surface area contributed by atoms with Gasteiger partial charge in [0.05, 0.1) is 33.5 Å². The first-order valence-corrected chi connectivity index (χ1v) is 9.30. The van der Waals surface area contributed by atoms with Gasteiger partial charge >= 0.3 is 5.69 Å². The molecule has 11 heteroatoms. The van der Waals surface area contributed by atoms with Gasteiger partial charge in [0.15, 0.2) is 17.7 Å². The van der Waals surface area contributed by atoms with E-state index in [2.05, 4.69) is 4.98 Å². The lowest BCUT2D eigenvalue weighted by Gasteiger charge is -2.17. The minimum Gasteiger partial charge on any atom is -0.493 e. The van der Waals surface area contributed by atoms with Crippen LogP contribution in [0.25, 0.3) is 12.2 Å². The molecule has 3 rings (SSSR count). The minimum atomic E-state index is -1.47. The minimum absolute atomic E-state index is 0.0890. The molecule has 4 atom stereocenters. The van der Waals surface area contributed by atoms with Crippen LogP contribution in [0.5, 0.6) is 17.2 Å². The van der Waals surface area contributed by atoms with Crippen molar-refractivity contribution < 1.29 is 34.3 Å². The molecule has 0 unspecified atom stereocenters. The smallest absolute Gasteiger partial charge is 0.330 e. The zero-order valence-electron chi connectivity index (χ0n) is 17.1. The van der Waals surface area contributed by atoms with Crippen molar-refractivity contribution in [2.24, 2.45) is 0 Å². The van der Waals surface area contributed by atoms with E-state index in [9.17, 15) is 24.9 Å². The van der Waals surface area contributed by atoms with E-state index >= 15 is 0 Å². The number of hydrogen-bond donors (Lipinski definition) is 4. The number of ether oxygens (including phenoxy) is 4. The first kappa shape index (κ1) is 22.6. The predicted molar refractivity (Wildman–Crippen MR) is 109 cm³/mol. The van der Waals surface area contributed by atoms with Crippen molar-refractivity contribution in [1.82, 2.24) is 9.55 Å². The SMILES string of the molecule is COc1cc(/C=C/c2cn([C@@H]3O[C@H](CO)[C@@H](O)[C@H]3O)c(=O)[nH]c2=O)cc(OC)c1OC. The summed E-state index contributed by atoms with van der Waals surface area (Å²) in [6, 6.07) is 3.35. The molecule has 1 aliphatic heterocycles. The fourth-order valence-electron chi connectivity index (χ4n) is 3.30. The molecule has 2 heterocycles. The Kier molecular flexibility index (Phi) is 6.81. The number of aromatic nitrogens is 2. The van der Waals surface area contributed by atoms with E-state index in [0.717, 1.165) is 4.57 Å². The van der Waals surface area contributed by atoms with Crippen LogP contribution in [-0.2, 0) is 4.74 Å². The maximum atomic E-state index is 12.3. The quantitative estimate of drug-likeness (QED) is 0.443. The number of aromatic amines is 1. The van der Waals surface area contributed by atoms with E-state index in [4.69, 9.17) is 18.9 Å². The molecule has 168 valence electrons. The monoisotopic (exact) mass is 436 g/mol. The molecule has 1 fully saturated rings. The first-order chi connectivity index (χ1) is 14.8. The van der Waals surface area contributed by atoms with Crippen LogP contribution in [0.15, 0.2) is 27.9 Å². The summed E-state index contributed by atoms with van der Waals surface area (Å²) >= 11 is 0. The number of nitrogens with one attached hydrogen (secondary N) is 1. The lowest BCUT2D eigenvalue weighted by Crippen LogP contribution is -2.38. The van der Waals surface area contributed by atoms with E-state index in [0.29, 0.717) is 22.8 Å². The van der Waals surface area contributed by atoms with Crippen LogP contribution in [0.3, 0.4) is 0 Å². The number of benzene rings is 1. The summed E-state index contributed by atoms with van der Waals surface area (Å²) in [5.74, 6) is 1.26. The molecule has 0 spiro atoms. The second kappa shape index (κ2) is 9.35. The third kappa shape index (κ3) is 4.35. The molecule has 31 heavy (non-hydrogen) atoms. The molecule has 1 saturated heterocycles. The molecule has 0 radical (unpaired) electrons. The van der Waals surface area contributed by atoms with Crippen LogP contribution in [0.4, 0.5) is 0 Å². The van der Waals surface area contributed by atoms with Crippen molar-refractivity contribution in [3.8, 4) is 17.2 Å². The summed E-state index contributed by atoms with van der Waals surface area (Å²) in [5, 5.41) is 29.3. The largest absolute Gasteiger partial charge is 0.493 e. The summed E-state index contributed by atoms with van der Waals surface area (Å²) in [7, 11) is 4.44. The van der Waals surface area contributed by atoms with E-state index < -0.39 is 42.4 Å². The lowest BCUT2D eigenvalue weighted by atomic mass is 10.1. The van der Waals surface area contributed by atoms with Crippen LogP contribution in [0.2, 0.25) is 0 Å². The van der Waals surface area contributed by atoms with Crippen LogP contribution in [-0.4, -0.2) is 71.1 Å². The highest BCUT2D eigenvalue weighted by Gasteiger charge is 2.43. The highest BCUT2D eigenvalue weighted by molar-refractivity contribution is 5.72. The molecule has 0 amide bonds. The molecule has 2 aromatic rings. The molecule has 0 aliphatic carbocycles. The molecule has 0 saturated carbocycles. The van der Waals surface area contributed by atoms with E-state index in [1.165, 1.54) is 33.6 Å². The number of methoxy groups -OCH3 is 3. The van der Waals surface area contributed by atoms with Crippen molar-refractivity contribution in [3.05, 3.63) is 50.3 Å². The highest BCUT2D eigenvalue weighted by atomic mass is 16.6. The maximum absolute atomic E-state index is 12.3. The summed E-state index contributed by atoms with van der Waals surface area (Å²) in [4.78, 5) is 26.6. The van der Waals surface area contributed by atoms with E-state index in [1.807, 2.05) is 0 Å². The Morgan fingerprint density at radius 2 is 1.71 bits per heavy atom. The van der Waals surface area contributed by atoms with Gasteiger partial charge in [0.1, 0.15) is 18.3 Å². The molecule has 1 aromatic heterocycles.